The maximum absolute atomic E-state index is 10.0. The minimum absolute atomic E-state index is 0.314. The Kier molecular flexibility index (Phi) is 3.57. The number of aliphatic hydroxyl groups is 1. The lowest BCUT2D eigenvalue weighted by Gasteiger charge is -2.21. The molecule has 18 heavy (non-hydrogen) atoms. The van der Waals surface area contributed by atoms with Crippen LogP contribution in [-0.2, 0) is 6.42 Å². The molecule has 1 saturated carbocycles. The van der Waals surface area contributed by atoms with Crippen LogP contribution in [0.3, 0.4) is 0 Å². The monoisotopic (exact) mass is 266 g/mol. The van der Waals surface area contributed by atoms with Crippen LogP contribution in [0.1, 0.15) is 62.1 Å². The van der Waals surface area contributed by atoms with E-state index < -0.39 is 0 Å². The standard InChI is InChI=1S/C14H22N2OS/c1-2-3-9-16(10-7-8-10)14-15-13-11(17)5-4-6-12(13)18-14/h10-11,17H,2-9H2,1H3. The van der Waals surface area contributed by atoms with E-state index in [1.54, 1.807) is 0 Å². The summed E-state index contributed by atoms with van der Waals surface area (Å²) >= 11 is 1.82. The third-order valence-corrected chi connectivity index (χ3v) is 5.07. The van der Waals surface area contributed by atoms with Crippen LogP contribution in [0.15, 0.2) is 0 Å². The normalized spacial score (nSPS) is 22.9. The molecule has 1 unspecified atom stereocenters. The third kappa shape index (κ3) is 2.41. The minimum atomic E-state index is -0.314. The summed E-state index contributed by atoms with van der Waals surface area (Å²) in [5.41, 5.74) is 0.975. The van der Waals surface area contributed by atoms with Crippen molar-refractivity contribution >= 4 is 16.5 Å². The molecule has 0 amide bonds. The fourth-order valence-electron chi connectivity index (χ4n) is 2.65. The van der Waals surface area contributed by atoms with Crippen molar-refractivity contribution in [2.24, 2.45) is 0 Å². The second-order valence-electron chi connectivity index (χ2n) is 5.49. The predicted octanol–water partition coefficient (Wildman–Crippen LogP) is 3.28. The van der Waals surface area contributed by atoms with Crippen LogP contribution in [0.4, 0.5) is 5.13 Å². The number of fused-ring (bicyclic) bond motifs is 1. The molecule has 1 fully saturated rings. The fourth-order valence-corrected chi connectivity index (χ4v) is 3.91. The van der Waals surface area contributed by atoms with Crippen molar-refractivity contribution in [2.45, 2.75) is 64.0 Å². The van der Waals surface area contributed by atoms with Gasteiger partial charge in [-0.2, -0.15) is 0 Å². The quantitative estimate of drug-likeness (QED) is 0.888. The first-order valence-electron chi connectivity index (χ1n) is 7.24. The van der Waals surface area contributed by atoms with Crippen molar-refractivity contribution in [1.29, 1.82) is 0 Å². The SMILES string of the molecule is CCCCN(c1nc2c(s1)CCCC2O)C1CC1. The van der Waals surface area contributed by atoms with Gasteiger partial charge in [0.15, 0.2) is 5.13 Å². The summed E-state index contributed by atoms with van der Waals surface area (Å²) < 4.78 is 0. The first kappa shape index (κ1) is 12.4. The summed E-state index contributed by atoms with van der Waals surface area (Å²) in [6, 6.07) is 0.723. The van der Waals surface area contributed by atoms with Gasteiger partial charge < -0.3 is 10.0 Å². The summed E-state index contributed by atoms with van der Waals surface area (Å²) in [5, 5.41) is 11.2. The third-order valence-electron chi connectivity index (χ3n) is 3.90. The van der Waals surface area contributed by atoms with Crippen molar-refractivity contribution in [3.8, 4) is 0 Å². The minimum Gasteiger partial charge on any atom is -0.387 e. The van der Waals surface area contributed by atoms with Gasteiger partial charge in [-0.1, -0.05) is 13.3 Å². The second-order valence-corrected chi connectivity index (χ2v) is 6.55. The highest BCUT2D eigenvalue weighted by Crippen LogP contribution is 2.40. The van der Waals surface area contributed by atoms with Gasteiger partial charge in [-0.3, -0.25) is 0 Å². The molecule has 100 valence electrons. The van der Waals surface area contributed by atoms with Crippen LogP contribution in [-0.4, -0.2) is 22.7 Å². The molecule has 3 nitrogen and oxygen atoms in total. The van der Waals surface area contributed by atoms with Crippen molar-refractivity contribution in [3.05, 3.63) is 10.6 Å². The van der Waals surface area contributed by atoms with Crippen LogP contribution in [0.5, 0.6) is 0 Å². The van der Waals surface area contributed by atoms with Crippen LogP contribution in [0, 0.1) is 0 Å². The Morgan fingerprint density at radius 3 is 2.89 bits per heavy atom. The van der Waals surface area contributed by atoms with Gasteiger partial charge in [0, 0.05) is 17.5 Å². The first-order valence-corrected chi connectivity index (χ1v) is 8.05. The first-order chi connectivity index (χ1) is 8.79. The van der Waals surface area contributed by atoms with E-state index in [4.69, 9.17) is 4.98 Å². The van der Waals surface area contributed by atoms with Gasteiger partial charge in [-0.05, 0) is 38.5 Å². The molecule has 0 aromatic carbocycles. The summed E-state index contributed by atoms with van der Waals surface area (Å²) in [6.07, 6.45) is 7.89. The van der Waals surface area contributed by atoms with Crippen LogP contribution < -0.4 is 4.90 Å². The Morgan fingerprint density at radius 1 is 1.39 bits per heavy atom. The van der Waals surface area contributed by atoms with Gasteiger partial charge in [0.25, 0.3) is 0 Å². The van der Waals surface area contributed by atoms with Crippen molar-refractivity contribution < 1.29 is 5.11 Å². The Morgan fingerprint density at radius 2 is 2.22 bits per heavy atom. The number of hydrogen-bond donors (Lipinski definition) is 1. The number of anilines is 1. The molecule has 1 N–H and O–H groups in total. The molecule has 0 aliphatic heterocycles. The van der Waals surface area contributed by atoms with Crippen molar-refractivity contribution in [2.75, 3.05) is 11.4 Å². The highest BCUT2D eigenvalue weighted by Gasteiger charge is 2.32. The van der Waals surface area contributed by atoms with E-state index in [0.717, 1.165) is 42.7 Å². The molecule has 1 atom stereocenters. The van der Waals surface area contributed by atoms with Gasteiger partial charge in [-0.15, -0.1) is 11.3 Å². The number of hydrogen-bond acceptors (Lipinski definition) is 4. The van der Waals surface area contributed by atoms with Crippen LogP contribution in [0.25, 0.3) is 0 Å². The molecule has 0 saturated heterocycles. The smallest absolute Gasteiger partial charge is 0.186 e. The molecule has 4 heteroatoms. The fraction of sp³-hybridized carbons (Fsp3) is 0.786. The number of unbranched alkanes of at least 4 members (excludes halogenated alkanes) is 1. The van der Waals surface area contributed by atoms with Gasteiger partial charge in [0.1, 0.15) is 0 Å². The van der Waals surface area contributed by atoms with E-state index in [1.165, 1.54) is 30.6 Å². The lowest BCUT2D eigenvalue weighted by Crippen LogP contribution is -2.26. The second kappa shape index (κ2) is 5.17. The molecule has 2 aliphatic rings. The number of aliphatic hydroxyl groups excluding tert-OH is 1. The predicted molar refractivity (Wildman–Crippen MR) is 75.3 cm³/mol. The molecule has 0 bridgehead atoms. The average Bonchev–Trinajstić information content (AvgIpc) is 3.09. The van der Waals surface area contributed by atoms with E-state index in [-0.39, 0.29) is 6.10 Å². The Hall–Kier alpha value is -0.610. The maximum atomic E-state index is 10.0. The topological polar surface area (TPSA) is 36.4 Å². The van der Waals surface area contributed by atoms with Crippen molar-refractivity contribution in [1.82, 2.24) is 4.98 Å². The van der Waals surface area contributed by atoms with Crippen LogP contribution in [0.2, 0.25) is 0 Å². The lowest BCUT2D eigenvalue weighted by molar-refractivity contribution is 0.153. The number of rotatable bonds is 5. The summed E-state index contributed by atoms with van der Waals surface area (Å²) in [5.74, 6) is 0. The summed E-state index contributed by atoms with van der Waals surface area (Å²) in [4.78, 5) is 8.55. The van der Waals surface area contributed by atoms with E-state index in [2.05, 4.69) is 11.8 Å². The number of nitrogens with zero attached hydrogens (tertiary/aromatic N) is 2. The molecule has 0 spiro atoms. The van der Waals surface area contributed by atoms with Crippen LogP contribution >= 0.6 is 11.3 Å². The van der Waals surface area contributed by atoms with Gasteiger partial charge in [0.05, 0.1) is 11.8 Å². The Bertz CT molecular complexity index is 414. The van der Waals surface area contributed by atoms with E-state index in [1.807, 2.05) is 11.3 Å². The zero-order valence-corrected chi connectivity index (χ0v) is 11.9. The molecule has 1 aromatic heterocycles. The van der Waals surface area contributed by atoms with E-state index in [0.29, 0.717) is 0 Å². The molecular formula is C14H22N2OS. The van der Waals surface area contributed by atoms with Gasteiger partial charge in [0.2, 0.25) is 0 Å². The number of aryl methyl sites for hydroxylation is 1. The highest BCUT2D eigenvalue weighted by molar-refractivity contribution is 7.15. The molecule has 2 aliphatic carbocycles. The van der Waals surface area contributed by atoms with Gasteiger partial charge >= 0.3 is 0 Å². The number of thiazole rings is 1. The lowest BCUT2D eigenvalue weighted by atomic mass is 10.0. The van der Waals surface area contributed by atoms with Crippen molar-refractivity contribution in [3.63, 3.8) is 0 Å². The summed E-state index contributed by atoms with van der Waals surface area (Å²) in [6.45, 7) is 3.37. The molecule has 1 heterocycles. The Labute approximate surface area is 113 Å². The number of aromatic nitrogens is 1. The Balaban J connectivity index is 1.81. The van der Waals surface area contributed by atoms with Gasteiger partial charge in [-0.25, -0.2) is 4.98 Å². The molecule has 0 radical (unpaired) electrons. The summed E-state index contributed by atoms with van der Waals surface area (Å²) in [7, 11) is 0. The highest BCUT2D eigenvalue weighted by atomic mass is 32.1. The molecule has 1 aromatic rings. The largest absolute Gasteiger partial charge is 0.387 e. The maximum Gasteiger partial charge on any atom is 0.186 e. The zero-order chi connectivity index (χ0) is 12.5. The van der Waals surface area contributed by atoms with E-state index in [9.17, 15) is 5.11 Å². The zero-order valence-electron chi connectivity index (χ0n) is 11.1. The molecule has 3 rings (SSSR count). The average molecular weight is 266 g/mol. The van der Waals surface area contributed by atoms with E-state index >= 15 is 0 Å². The molecular weight excluding hydrogens is 244 g/mol.